The van der Waals surface area contributed by atoms with Crippen LogP contribution in [0.5, 0.6) is 11.5 Å². The normalized spacial score (nSPS) is 15.7. The number of carboxylic acids is 2. The van der Waals surface area contributed by atoms with Crippen LogP contribution < -0.4 is 10.2 Å². The Morgan fingerprint density at radius 1 is 0.604 bits per heavy atom. The summed E-state index contributed by atoms with van der Waals surface area (Å²) in [6.07, 6.45) is 16.1. The van der Waals surface area contributed by atoms with Crippen molar-refractivity contribution in [2.75, 3.05) is 0 Å². The van der Waals surface area contributed by atoms with Gasteiger partial charge in [0.1, 0.15) is 11.5 Å². The number of hydrogen-bond donors (Lipinski definition) is 2. The molecule has 8 nitrogen and oxygen atoms in total. The molecule has 299 valence electrons. The summed E-state index contributed by atoms with van der Waals surface area (Å²) in [5.41, 5.74) is 6.46. The smallest absolute Gasteiger partial charge is 0.550 e. The SMILES string of the molecule is CC(=O)[O-].CC(=O)[O-].CC(C)CCc1cc(C=NC2CCC(N=Cc3cc(CCC(C)C)cc(CCC(C)C)c3O)CC2)c(O)c(CCC(C)C)c1.[Co+2]. The molecule has 1 fully saturated rings. The van der Waals surface area contributed by atoms with E-state index in [0.29, 0.717) is 35.2 Å². The van der Waals surface area contributed by atoms with Crippen molar-refractivity contribution in [3.63, 3.8) is 0 Å². The van der Waals surface area contributed by atoms with Crippen molar-refractivity contribution in [1.82, 2.24) is 0 Å². The molecule has 2 aromatic rings. The molecule has 0 saturated heterocycles. The monoisotopic (exact) mass is 779 g/mol. The van der Waals surface area contributed by atoms with Gasteiger partial charge >= 0.3 is 16.8 Å². The molecule has 1 aliphatic rings. The number of aliphatic carboxylic acids is 2. The summed E-state index contributed by atoms with van der Waals surface area (Å²) in [5.74, 6) is 1.17. The summed E-state index contributed by atoms with van der Waals surface area (Å²) >= 11 is 0. The van der Waals surface area contributed by atoms with Crippen molar-refractivity contribution in [2.45, 2.75) is 158 Å². The maximum atomic E-state index is 11.1. The molecule has 0 atom stereocenters. The van der Waals surface area contributed by atoms with Crippen molar-refractivity contribution in [2.24, 2.45) is 33.7 Å². The van der Waals surface area contributed by atoms with Crippen molar-refractivity contribution < 1.29 is 46.8 Å². The first-order valence-corrected chi connectivity index (χ1v) is 19.5. The second kappa shape index (κ2) is 26.6. The molecule has 0 spiro atoms. The molecule has 0 amide bonds. The number of carbonyl (C=O) groups excluding carboxylic acids is 2. The number of nitrogens with zero attached hydrogens (tertiary/aromatic N) is 2. The van der Waals surface area contributed by atoms with E-state index in [9.17, 15) is 10.2 Å². The molecule has 3 rings (SSSR count). The Hall–Kier alpha value is -3.17. The van der Waals surface area contributed by atoms with Crippen LogP contribution in [-0.4, -0.2) is 46.7 Å². The number of phenols is 2. The Balaban J connectivity index is 0.00000272. The quantitative estimate of drug-likeness (QED) is 0.166. The van der Waals surface area contributed by atoms with E-state index < -0.39 is 11.9 Å². The second-order valence-corrected chi connectivity index (χ2v) is 16.1. The van der Waals surface area contributed by atoms with Gasteiger partial charge in [0.25, 0.3) is 0 Å². The summed E-state index contributed by atoms with van der Waals surface area (Å²) in [6.45, 7) is 20.0. The van der Waals surface area contributed by atoms with E-state index in [0.717, 1.165) is 113 Å². The number of carboxylic acid groups (broad SMARTS) is 2. The number of aliphatic imine (C=N–C) groups is 2. The first-order valence-electron chi connectivity index (χ1n) is 19.5. The van der Waals surface area contributed by atoms with Crippen LogP contribution in [0.25, 0.3) is 0 Å². The molecule has 0 heterocycles. The number of carbonyl (C=O) groups is 2. The van der Waals surface area contributed by atoms with E-state index in [1.807, 2.05) is 12.4 Å². The zero-order valence-corrected chi connectivity index (χ0v) is 35.2. The Labute approximate surface area is 331 Å². The number of aryl methyl sites for hydroxylation is 4. The fourth-order valence-electron chi connectivity index (χ4n) is 5.97. The number of aromatic hydroxyl groups is 2. The predicted molar refractivity (Wildman–Crippen MR) is 211 cm³/mol. The van der Waals surface area contributed by atoms with Crippen LogP contribution in [0.1, 0.15) is 154 Å². The van der Waals surface area contributed by atoms with Crippen LogP contribution in [0, 0.1) is 23.7 Å². The fraction of sp³-hybridized carbons (Fsp3) is 0.636. The molecule has 1 saturated carbocycles. The van der Waals surface area contributed by atoms with Gasteiger partial charge in [0.15, 0.2) is 0 Å². The minimum Gasteiger partial charge on any atom is -0.550 e. The molecular weight excluding hydrogens is 711 g/mol. The van der Waals surface area contributed by atoms with Gasteiger partial charge in [-0.25, -0.2) is 0 Å². The van der Waals surface area contributed by atoms with E-state index in [1.54, 1.807) is 0 Å². The third kappa shape index (κ3) is 22.6. The molecule has 9 heteroatoms. The standard InChI is InChI=1S/C40H62N2O2.2C2H4O2.Co/c1-27(2)9-13-31-21-33(15-11-29(5)6)39(43)35(23-31)25-41-37-17-19-38(20-18-37)42-26-36-24-32(14-10-28(3)4)22-34(40(36)44)16-12-30(7)8;2*1-2(3)4;/h21-30,37-38,43-44H,9-20H2,1-8H3;2*1H3,(H,3,4);/q;;;+2/p-2. The van der Waals surface area contributed by atoms with Gasteiger partial charge in [0, 0.05) is 35.5 Å². The molecule has 1 aliphatic carbocycles. The number of rotatable bonds is 16. The minimum absolute atomic E-state index is 0. The van der Waals surface area contributed by atoms with Gasteiger partial charge in [0.05, 0.1) is 12.1 Å². The van der Waals surface area contributed by atoms with E-state index in [1.165, 1.54) is 11.1 Å². The third-order valence-corrected chi connectivity index (χ3v) is 9.07. The largest absolute Gasteiger partial charge is 2.00 e. The van der Waals surface area contributed by atoms with E-state index in [2.05, 4.69) is 79.7 Å². The van der Waals surface area contributed by atoms with Crippen LogP contribution in [0.4, 0.5) is 0 Å². The van der Waals surface area contributed by atoms with Gasteiger partial charge in [-0.15, -0.1) is 0 Å². The zero-order chi connectivity index (χ0) is 39.4. The van der Waals surface area contributed by atoms with Crippen LogP contribution in [0.2, 0.25) is 0 Å². The summed E-state index contributed by atoms with van der Waals surface area (Å²) in [4.78, 5) is 27.7. The van der Waals surface area contributed by atoms with Crippen LogP contribution in [0.15, 0.2) is 34.3 Å². The Bertz CT molecular complexity index is 1310. The van der Waals surface area contributed by atoms with Crippen LogP contribution in [0.3, 0.4) is 0 Å². The maximum absolute atomic E-state index is 11.1. The minimum atomic E-state index is -1.08. The third-order valence-electron chi connectivity index (χ3n) is 9.07. The van der Waals surface area contributed by atoms with Crippen LogP contribution >= 0.6 is 0 Å². The van der Waals surface area contributed by atoms with E-state index in [4.69, 9.17) is 29.8 Å². The van der Waals surface area contributed by atoms with Crippen molar-refractivity contribution in [3.05, 3.63) is 57.6 Å². The predicted octanol–water partition coefficient (Wildman–Crippen LogP) is 7.81. The number of phenolic OH excluding ortho intramolecular Hbond substituents is 2. The summed E-state index contributed by atoms with van der Waals surface area (Å²) in [6, 6.07) is 9.24. The molecule has 0 unspecified atom stereocenters. The van der Waals surface area contributed by atoms with Crippen molar-refractivity contribution in [3.8, 4) is 11.5 Å². The molecular formula is C44H68CoN2O6. The van der Waals surface area contributed by atoms with Crippen molar-refractivity contribution in [1.29, 1.82) is 0 Å². The fourth-order valence-corrected chi connectivity index (χ4v) is 5.97. The molecule has 53 heavy (non-hydrogen) atoms. The summed E-state index contributed by atoms with van der Waals surface area (Å²) in [7, 11) is 0. The summed E-state index contributed by atoms with van der Waals surface area (Å²) < 4.78 is 0. The van der Waals surface area contributed by atoms with Gasteiger partial charge in [-0.3, -0.25) is 9.98 Å². The average molecular weight is 780 g/mol. The van der Waals surface area contributed by atoms with Gasteiger partial charge in [0.2, 0.25) is 0 Å². The molecule has 2 aromatic carbocycles. The van der Waals surface area contributed by atoms with E-state index in [-0.39, 0.29) is 28.9 Å². The van der Waals surface area contributed by atoms with Gasteiger partial charge in [-0.1, -0.05) is 67.5 Å². The zero-order valence-electron chi connectivity index (χ0n) is 34.2. The first kappa shape index (κ1) is 49.8. The van der Waals surface area contributed by atoms with Crippen LogP contribution in [-0.2, 0) is 52.1 Å². The van der Waals surface area contributed by atoms with E-state index >= 15 is 0 Å². The molecule has 0 aromatic heterocycles. The summed E-state index contributed by atoms with van der Waals surface area (Å²) in [5, 5.41) is 40.0. The molecule has 0 bridgehead atoms. The van der Waals surface area contributed by atoms with Gasteiger partial charge in [-0.05, 0) is 149 Å². The Morgan fingerprint density at radius 2 is 0.868 bits per heavy atom. The van der Waals surface area contributed by atoms with Gasteiger partial charge in [-0.2, -0.15) is 0 Å². The number of benzene rings is 2. The Morgan fingerprint density at radius 3 is 1.13 bits per heavy atom. The Kier molecular flexibility index (Phi) is 25.0. The second-order valence-electron chi connectivity index (χ2n) is 16.1. The topological polar surface area (TPSA) is 145 Å². The molecule has 0 aliphatic heterocycles. The first-order chi connectivity index (χ1) is 24.4. The number of hydrogen-bond acceptors (Lipinski definition) is 8. The molecule has 1 radical (unpaired) electrons. The average Bonchev–Trinajstić information content (AvgIpc) is 3.04. The maximum Gasteiger partial charge on any atom is 2.00 e. The van der Waals surface area contributed by atoms with Crippen molar-refractivity contribution >= 4 is 24.4 Å². The molecule has 2 N–H and O–H groups in total. The van der Waals surface area contributed by atoms with Gasteiger partial charge < -0.3 is 30.0 Å².